The van der Waals surface area contributed by atoms with E-state index in [1.54, 1.807) is 38.1 Å². The quantitative estimate of drug-likeness (QED) is 0.796. The standard InChI is InChI=1S/C11H15N5O2S/c1-7(2)19(17,18)11-10(13)16(15-14-11)9-5-3-4-8(12)6-9/h3-7H,12-13H2,1-2H3. The second kappa shape index (κ2) is 4.54. The van der Waals surface area contributed by atoms with Crippen LogP contribution in [0.1, 0.15) is 13.8 Å². The van der Waals surface area contributed by atoms with Gasteiger partial charge in [0.05, 0.1) is 10.9 Å². The largest absolute Gasteiger partial charge is 0.399 e. The van der Waals surface area contributed by atoms with Crippen molar-refractivity contribution in [3.8, 4) is 5.69 Å². The van der Waals surface area contributed by atoms with Gasteiger partial charge in [-0.25, -0.2) is 8.42 Å². The molecule has 102 valence electrons. The Balaban J connectivity index is 2.56. The van der Waals surface area contributed by atoms with Gasteiger partial charge in [0.25, 0.3) is 0 Å². The maximum absolute atomic E-state index is 12.0. The van der Waals surface area contributed by atoms with Crippen LogP contribution in [0.4, 0.5) is 11.5 Å². The van der Waals surface area contributed by atoms with Gasteiger partial charge in [-0.3, -0.25) is 0 Å². The second-order valence-corrected chi connectivity index (χ2v) is 6.80. The highest BCUT2D eigenvalue weighted by molar-refractivity contribution is 7.92. The first-order valence-corrected chi connectivity index (χ1v) is 7.19. The van der Waals surface area contributed by atoms with E-state index in [1.807, 2.05) is 0 Å². The van der Waals surface area contributed by atoms with E-state index in [2.05, 4.69) is 10.3 Å². The number of nitrogens with two attached hydrogens (primary N) is 2. The molecule has 4 N–H and O–H groups in total. The smallest absolute Gasteiger partial charge is 0.221 e. The Kier molecular flexibility index (Phi) is 3.19. The van der Waals surface area contributed by atoms with Gasteiger partial charge < -0.3 is 11.5 Å². The van der Waals surface area contributed by atoms with E-state index in [-0.39, 0.29) is 10.8 Å². The maximum atomic E-state index is 12.0. The summed E-state index contributed by atoms with van der Waals surface area (Å²) in [6.45, 7) is 3.13. The molecule has 1 heterocycles. The summed E-state index contributed by atoms with van der Waals surface area (Å²) in [5.74, 6) is -0.0145. The van der Waals surface area contributed by atoms with Crippen molar-refractivity contribution in [2.75, 3.05) is 11.5 Å². The minimum Gasteiger partial charge on any atom is -0.399 e. The molecule has 2 rings (SSSR count). The number of hydrogen-bond acceptors (Lipinski definition) is 6. The lowest BCUT2D eigenvalue weighted by molar-refractivity contribution is 0.583. The monoisotopic (exact) mass is 281 g/mol. The zero-order chi connectivity index (χ0) is 14.2. The van der Waals surface area contributed by atoms with Crippen LogP contribution in [0.25, 0.3) is 5.69 Å². The van der Waals surface area contributed by atoms with Crippen molar-refractivity contribution in [1.82, 2.24) is 15.0 Å². The third-order valence-corrected chi connectivity index (χ3v) is 4.75. The Morgan fingerprint density at radius 1 is 1.26 bits per heavy atom. The van der Waals surface area contributed by atoms with Gasteiger partial charge in [0.15, 0.2) is 5.82 Å². The summed E-state index contributed by atoms with van der Waals surface area (Å²) in [5, 5.41) is 6.64. The molecule has 1 aromatic carbocycles. The van der Waals surface area contributed by atoms with Gasteiger partial charge in [-0.15, -0.1) is 5.10 Å². The summed E-state index contributed by atoms with van der Waals surface area (Å²) in [4.78, 5) is 0. The number of nitrogen functional groups attached to an aromatic ring is 2. The lowest BCUT2D eigenvalue weighted by atomic mass is 10.3. The first-order chi connectivity index (χ1) is 8.84. The molecule has 0 saturated carbocycles. The van der Waals surface area contributed by atoms with Gasteiger partial charge in [0.1, 0.15) is 0 Å². The highest BCUT2D eigenvalue weighted by atomic mass is 32.2. The number of sulfone groups is 1. The molecule has 2 aromatic rings. The number of anilines is 2. The van der Waals surface area contributed by atoms with Crippen LogP contribution in [0, 0.1) is 0 Å². The molecule has 0 fully saturated rings. The lowest BCUT2D eigenvalue weighted by Gasteiger charge is -2.06. The summed E-state index contributed by atoms with van der Waals surface area (Å²) in [5.41, 5.74) is 12.6. The lowest BCUT2D eigenvalue weighted by Crippen LogP contribution is -2.16. The van der Waals surface area contributed by atoms with Gasteiger partial charge in [0, 0.05) is 5.69 Å². The average molecular weight is 281 g/mol. The van der Waals surface area contributed by atoms with Crippen LogP contribution in [0.2, 0.25) is 0 Å². The Hall–Kier alpha value is -2.09. The van der Waals surface area contributed by atoms with Crippen LogP contribution < -0.4 is 11.5 Å². The van der Waals surface area contributed by atoms with Crippen molar-refractivity contribution in [3.05, 3.63) is 24.3 Å². The van der Waals surface area contributed by atoms with Crippen molar-refractivity contribution < 1.29 is 8.42 Å². The Labute approximate surface area is 111 Å². The molecule has 0 aliphatic heterocycles. The Morgan fingerprint density at radius 3 is 2.53 bits per heavy atom. The number of rotatable bonds is 3. The first-order valence-electron chi connectivity index (χ1n) is 5.65. The van der Waals surface area contributed by atoms with Crippen LogP contribution in [0.15, 0.2) is 29.3 Å². The molecule has 0 aliphatic carbocycles. The Morgan fingerprint density at radius 2 is 1.95 bits per heavy atom. The maximum Gasteiger partial charge on any atom is 0.221 e. The number of benzene rings is 1. The normalized spacial score (nSPS) is 11.9. The minimum atomic E-state index is -3.56. The predicted octanol–water partition coefficient (Wildman–Crippen LogP) is 0.614. The summed E-state index contributed by atoms with van der Waals surface area (Å²) >= 11 is 0. The van der Waals surface area contributed by atoms with E-state index in [0.29, 0.717) is 11.4 Å². The summed E-state index contributed by atoms with van der Waals surface area (Å²) in [6.07, 6.45) is 0. The number of hydrogen-bond donors (Lipinski definition) is 2. The van der Waals surface area contributed by atoms with Crippen LogP contribution in [-0.2, 0) is 9.84 Å². The summed E-state index contributed by atoms with van der Waals surface area (Å²) in [6, 6.07) is 6.79. The fourth-order valence-electron chi connectivity index (χ4n) is 1.55. The molecule has 7 nitrogen and oxygen atoms in total. The molecule has 0 atom stereocenters. The van der Waals surface area contributed by atoms with Crippen molar-refractivity contribution in [2.24, 2.45) is 0 Å². The molecule has 0 aliphatic rings. The molecule has 0 saturated heterocycles. The number of aromatic nitrogens is 3. The van der Waals surface area contributed by atoms with Gasteiger partial charge in [-0.1, -0.05) is 11.3 Å². The summed E-state index contributed by atoms with van der Waals surface area (Å²) in [7, 11) is -3.56. The van der Waals surface area contributed by atoms with Gasteiger partial charge >= 0.3 is 0 Å². The zero-order valence-electron chi connectivity index (χ0n) is 10.6. The molecule has 19 heavy (non-hydrogen) atoms. The molecular weight excluding hydrogens is 266 g/mol. The van der Waals surface area contributed by atoms with Crippen molar-refractivity contribution in [2.45, 2.75) is 24.1 Å². The molecule has 1 aromatic heterocycles. The van der Waals surface area contributed by atoms with Crippen LogP contribution in [-0.4, -0.2) is 28.7 Å². The minimum absolute atomic E-state index is 0.0145. The molecule has 0 bridgehead atoms. The number of nitrogens with zero attached hydrogens (tertiary/aromatic N) is 3. The highest BCUT2D eigenvalue weighted by Crippen LogP contribution is 2.23. The molecule has 0 unspecified atom stereocenters. The molecular formula is C11H15N5O2S. The topological polar surface area (TPSA) is 117 Å². The highest BCUT2D eigenvalue weighted by Gasteiger charge is 2.27. The van der Waals surface area contributed by atoms with E-state index in [1.165, 1.54) is 4.68 Å². The molecule has 0 radical (unpaired) electrons. The van der Waals surface area contributed by atoms with Gasteiger partial charge in [-0.2, -0.15) is 4.68 Å². The predicted molar refractivity (Wildman–Crippen MR) is 72.5 cm³/mol. The fraction of sp³-hybridized carbons (Fsp3) is 0.273. The first kappa shape index (κ1) is 13.3. The van der Waals surface area contributed by atoms with Gasteiger partial charge in [-0.05, 0) is 32.0 Å². The van der Waals surface area contributed by atoms with E-state index < -0.39 is 15.1 Å². The van der Waals surface area contributed by atoms with Crippen molar-refractivity contribution >= 4 is 21.3 Å². The SMILES string of the molecule is CC(C)S(=O)(=O)c1nnn(-c2cccc(N)c2)c1N. The van der Waals surface area contributed by atoms with E-state index in [9.17, 15) is 8.42 Å². The third-order valence-electron chi connectivity index (χ3n) is 2.68. The third kappa shape index (κ3) is 2.26. The summed E-state index contributed by atoms with van der Waals surface area (Å²) < 4.78 is 25.3. The van der Waals surface area contributed by atoms with E-state index in [4.69, 9.17) is 11.5 Å². The van der Waals surface area contributed by atoms with Crippen LogP contribution >= 0.6 is 0 Å². The molecule has 8 heteroatoms. The Bertz CT molecular complexity index is 706. The van der Waals surface area contributed by atoms with Gasteiger partial charge in [0.2, 0.25) is 14.9 Å². The average Bonchev–Trinajstić information content (AvgIpc) is 2.71. The molecule has 0 amide bonds. The van der Waals surface area contributed by atoms with E-state index >= 15 is 0 Å². The van der Waals surface area contributed by atoms with Crippen LogP contribution in [0.5, 0.6) is 0 Å². The van der Waals surface area contributed by atoms with E-state index in [0.717, 1.165) is 0 Å². The fourth-order valence-corrected chi connectivity index (χ4v) is 2.52. The molecule has 0 spiro atoms. The van der Waals surface area contributed by atoms with Crippen molar-refractivity contribution in [3.63, 3.8) is 0 Å². The second-order valence-electron chi connectivity index (χ2n) is 4.38. The zero-order valence-corrected chi connectivity index (χ0v) is 11.4. The van der Waals surface area contributed by atoms with Crippen molar-refractivity contribution in [1.29, 1.82) is 0 Å². The van der Waals surface area contributed by atoms with Crippen LogP contribution in [0.3, 0.4) is 0 Å².